The highest BCUT2D eigenvalue weighted by molar-refractivity contribution is 5.99. The van der Waals surface area contributed by atoms with E-state index in [-0.39, 0.29) is 6.10 Å². The normalized spacial score (nSPS) is 12.1. The molecule has 0 aliphatic carbocycles. The minimum absolute atomic E-state index is 0.0576. The van der Waals surface area contributed by atoms with Crippen LogP contribution in [0.5, 0.6) is 0 Å². The summed E-state index contributed by atoms with van der Waals surface area (Å²) in [5, 5.41) is 3.11. The lowest BCUT2D eigenvalue weighted by Gasteiger charge is -2.15. The fourth-order valence-electron chi connectivity index (χ4n) is 1.52. The number of ether oxygens (including phenoxy) is 1. The maximum atomic E-state index is 11.2. The van der Waals surface area contributed by atoms with Crippen LogP contribution >= 0.6 is 0 Å². The van der Waals surface area contributed by atoms with Gasteiger partial charge in [0.05, 0.1) is 11.7 Å². The number of amides is 1. The van der Waals surface area contributed by atoms with Crippen molar-refractivity contribution in [1.82, 2.24) is 0 Å². The molecule has 1 aromatic rings. The third-order valence-corrected chi connectivity index (χ3v) is 2.34. The summed E-state index contributed by atoms with van der Waals surface area (Å²) < 4.78 is 5.38. The Labute approximate surface area is 101 Å². The van der Waals surface area contributed by atoms with Gasteiger partial charge in [-0.15, -0.1) is 0 Å². The highest BCUT2D eigenvalue weighted by Gasteiger charge is 2.09. The van der Waals surface area contributed by atoms with Crippen LogP contribution in [0.25, 0.3) is 0 Å². The zero-order valence-corrected chi connectivity index (χ0v) is 10.2. The van der Waals surface area contributed by atoms with E-state index in [4.69, 9.17) is 16.2 Å². The fourth-order valence-corrected chi connectivity index (χ4v) is 1.52. The monoisotopic (exact) mass is 237 g/mol. The lowest BCUT2D eigenvalue weighted by atomic mass is 10.1. The highest BCUT2D eigenvalue weighted by Crippen LogP contribution is 2.18. The number of anilines is 2. The minimum atomic E-state index is -0.475. The van der Waals surface area contributed by atoms with Crippen molar-refractivity contribution in [2.45, 2.75) is 20.0 Å². The van der Waals surface area contributed by atoms with Crippen molar-refractivity contribution in [3.63, 3.8) is 0 Å². The first-order valence-electron chi connectivity index (χ1n) is 5.59. The molecular weight excluding hydrogens is 218 g/mol. The van der Waals surface area contributed by atoms with E-state index in [0.29, 0.717) is 30.1 Å². The Balaban J connectivity index is 2.75. The Kier molecular flexibility index (Phi) is 4.78. The Morgan fingerprint density at radius 1 is 1.53 bits per heavy atom. The zero-order valence-electron chi connectivity index (χ0n) is 10.2. The second-order valence-electron chi connectivity index (χ2n) is 3.82. The van der Waals surface area contributed by atoms with Crippen LogP contribution < -0.4 is 16.8 Å². The summed E-state index contributed by atoms with van der Waals surface area (Å²) in [4.78, 5) is 11.2. The van der Waals surface area contributed by atoms with Crippen molar-refractivity contribution < 1.29 is 9.53 Å². The Hall–Kier alpha value is -1.75. The van der Waals surface area contributed by atoms with Crippen LogP contribution in [0.15, 0.2) is 18.2 Å². The molecule has 5 nitrogen and oxygen atoms in total. The quantitative estimate of drug-likeness (QED) is 0.648. The van der Waals surface area contributed by atoms with Crippen LogP contribution in [0.3, 0.4) is 0 Å². The summed E-state index contributed by atoms with van der Waals surface area (Å²) in [6, 6.07) is 4.96. The molecule has 94 valence electrons. The lowest BCUT2D eigenvalue weighted by molar-refractivity contribution is 0.0854. The first kappa shape index (κ1) is 13.3. The molecule has 1 rings (SSSR count). The van der Waals surface area contributed by atoms with E-state index in [2.05, 4.69) is 5.32 Å². The van der Waals surface area contributed by atoms with Gasteiger partial charge in [0.15, 0.2) is 0 Å². The van der Waals surface area contributed by atoms with E-state index in [1.54, 1.807) is 18.2 Å². The Morgan fingerprint density at radius 2 is 2.24 bits per heavy atom. The number of hydrogen-bond acceptors (Lipinski definition) is 4. The first-order valence-corrected chi connectivity index (χ1v) is 5.59. The maximum Gasteiger partial charge on any atom is 0.250 e. The molecule has 0 radical (unpaired) electrons. The molecule has 0 aliphatic rings. The van der Waals surface area contributed by atoms with Crippen LogP contribution in [-0.2, 0) is 4.74 Å². The molecule has 0 spiro atoms. The molecule has 0 fully saturated rings. The largest absolute Gasteiger partial charge is 0.399 e. The van der Waals surface area contributed by atoms with E-state index >= 15 is 0 Å². The van der Waals surface area contributed by atoms with E-state index in [0.717, 1.165) is 0 Å². The lowest BCUT2D eigenvalue weighted by Crippen LogP contribution is -2.22. The van der Waals surface area contributed by atoms with Crippen molar-refractivity contribution in [1.29, 1.82) is 0 Å². The number of benzene rings is 1. The number of carbonyl (C=O) groups excluding carboxylic acids is 1. The zero-order chi connectivity index (χ0) is 12.8. The SMILES string of the molecule is CCOC(C)CNc1cc(N)ccc1C(N)=O. The highest BCUT2D eigenvalue weighted by atomic mass is 16.5. The second-order valence-corrected chi connectivity index (χ2v) is 3.82. The van der Waals surface area contributed by atoms with Gasteiger partial charge in [-0.1, -0.05) is 0 Å². The molecule has 0 bridgehead atoms. The number of primary amides is 1. The molecule has 0 heterocycles. The van der Waals surface area contributed by atoms with Crippen molar-refractivity contribution in [2.75, 3.05) is 24.2 Å². The molecule has 5 N–H and O–H groups in total. The topological polar surface area (TPSA) is 90.4 Å². The standard InChI is InChI=1S/C12H19N3O2/c1-3-17-8(2)7-15-11-6-9(13)4-5-10(11)12(14)16/h4-6,8,15H,3,7,13H2,1-2H3,(H2,14,16). The summed E-state index contributed by atoms with van der Waals surface area (Å²) in [7, 11) is 0. The molecular formula is C12H19N3O2. The van der Waals surface area contributed by atoms with Crippen molar-refractivity contribution in [3.8, 4) is 0 Å². The van der Waals surface area contributed by atoms with Gasteiger partial charge in [-0.05, 0) is 32.0 Å². The molecule has 5 heteroatoms. The smallest absolute Gasteiger partial charge is 0.250 e. The number of carbonyl (C=O) groups is 1. The van der Waals surface area contributed by atoms with Gasteiger partial charge >= 0.3 is 0 Å². The Bertz CT molecular complexity index is 393. The van der Waals surface area contributed by atoms with Gasteiger partial charge in [0.2, 0.25) is 0 Å². The van der Waals surface area contributed by atoms with Crippen molar-refractivity contribution >= 4 is 17.3 Å². The van der Waals surface area contributed by atoms with Gasteiger partial charge in [0.25, 0.3) is 5.91 Å². The number of nitrogens with two attached hydrogens (primary N) is 2. The van der Waals surface area contributed by atoms with Gasteiger partial charge in [-0.25, -0.2) is 0 Å². The predicted octanol–water partition coefficient (Wildman–Crippen LogP) is 1.20. The number of nitrogen functional groups attached to an aromatic ring is 1. The second kappa shape index (κ2) is 6.10. The number of nitrogens with one attached hydrogen (secondary N) is 1. The fraction of sp³-hybridized carbons (Fsp3) is 0.417. The number of rotatable bonds is 6. The summed E-state index contributed by atoms with van der Waals surface area (Å²) in [5.41, 5.74) is 12.6. The van der Waals surface area contributed by atoms with Crippen LogP contribution in [-0.4, -0.2) is 25.2 Å². The van der Waals surface area contributed by atoms with Gasteiger partial charge in [-0.3, -0.25) is 4.79 Å². The van der Waals surface area contributed by atoms with E-state index in [1.165, 1.54) is 0 Å². The average Bonchev–Trinajstić information content (AvgIpc) is 2.26. The first-order chi connectivity index (χ1) is 8.04. The molecule has 0 aliphatic heterocycles. The van der Waals surface area contributed by atoms with Crippen molar-refractivity contribution in [2.24, 2.45) is 5.73 Å². The molecule has 0 saturated heterocycles. The van der Waals surface area contributed by atoms with Gasteiger partial charge in [0.1, 0.15) is 0 Å². The van der Waals surface area contributed by atoms with Gasteiger partial charge in [-0.2, -0.15) is 0 Å². The summed E-state index contributed by atoms with van der Waals surface area (Å²) in [6.07, 6.45) is 0.0576. The van der Waals surface area contributed by atoms with Crippen LogP contribution in [0.2, 0.25) is 0 Å². The minimum Gasteiger partial charge on any atom is -0.399 e. The molecule has 17 heavy (non-hydrogen) atoms. The summed E-state index contributed by atoms with van der Waals surface area (Å²) in [5.74, 6) is -0.475. The Morgan fingerprint density at radius 3 is 2.82 bits per heavy atom. The third-order valence-electron chi connectivity index (χ3n) is 2.34. The molecule has 0 aromatic heterocycles. The molecule has 1 amide bonds. The van der Waals surface area contributed by atoms with Crippen LogP contribution in [0.1, 0.15) is 24.2 Å². The number of hydrogen-bond donors (Lipinski definition) is 3. The molecule has 1 atom stereocenters. The molecule has 1 unspecified atom stereocenters. The van der Waals surface area contributed by atoms with E-state index in [1.807, 2.05) is 13.8 Å². The summed E-state index contributed by atoms with van der Waals surface area (Å²) in [6.45, 7) is 5.14. The molecule has 1 aromatic carbocycles. The molecule has 0 saturated carbocycles. The van der Waals surface area contributed by atoms with E-state index < -0.39 is 5.91 Å². The van der Waals surface area contributed by atoms with Gasteiger partial charge < -0.3 is 21.5 Å². The predicted molar refractivity (Wildman–Crippen MR) is 69.0 cm³/mol. The summed E-state index contributed by atoms with van der Waals surface area (Å²) >= 11 is 0. The van der Waals surface area contributed by atoms with Crippen LogP contribution in [0, 0.1) is 0 Å². The maximum absolute atomic E-state index is 11.2. The van der Waals surface area contributed by atoms with Crippen molar-refractivity contribution in [3.05, 3.63) is 23.8 Å². The average molecular weight is 237 g/mol. The third kappa shape index (κ3) is 3.96. The van der Waals surface area contributed by atoms with Crippen LogP contribution in [0.4, 0.5) is 11.4 Å². The van der Waals surface area contributed by atoms with Gasteiger partial charge in [0, 0.05) is 24.5 Å². The van der Waals surface area contributed by atoms with E-state index in [9.17, 15) is 4.79 Å².